The second kappa shape index (κ2) is 6.39. The summed E-state index contributed by atoms with van der Waals surface area (Å²) in [6.45, 7) is 3.53. The second-order valence-corrected chi connectivity index (χ2v) is 7.03. The normalized spacial score (nSPS) is 16.4. The van der Waals surface area contributed by atoms with Crippen LogP contribution >= 0.6 is 11.6 Å². The minimum Gasteiger partial charge on any atom is -0.506 e. The van der Waals surface area contributed by atoms with Crippen molar-refractivity contribution in [1.29, 1.82) is 0 Å². The number of benzene rings is 2. The average molecular weight is 387 g/mol. The number of aryl methyl sites for hydroxylation is 2. The van der Waals surface area contributed by atoms with Crippen molar-refractivity contribution in [3.63, 3.8) is 0 Å². The van der Waals surface area contributed by atoms with Gasteiger partial charge >= 0.3 is 5.63 Å². The third-order valence-corrected chi connectivity index (χ3v) is 5.12. The molecule has 1 atom stereocenters. The first-order chi connectivity index (χ1) is 12.9. The maximum atomic E-state index is 14.2. The number of hydrogen-bond donors (Lipinski definition) is 2. The van der Waals surface area contributed by atoms with Gasteiger partial charge in [-0.25, -0.2) is 9.18 Å². The van der Waals surface area contributed by atoms with Gasteiger partial charge in [0.15, 0.2) is 0 Å². The van der Waals surface area contributed by atoms with Crippen molar-refractivity contribution in [3.05, 3.63) is 73.8 Å². The molecule has 5 nitrogen and oxygen atoms in total. The van der Waals surface area contributed by atoms with Gasteiger partial charge in [-0.05, 0) is 43.2 Å². The summed E-state index contributed by atoms with van der Waals surface area (Å²) in [6.07, 6.45) is 0.358. The molecule has 0 amide bonds. The fraction of sp³-hybridized carbons (Fsp3) is 0.200. The Labute approximate surface area is 159 Å². The van der Waals surface area contributed by atoms with E-state index in [1.165, 1.54) is 12.1 Å². The van der Waals surface area contributed by atoms with Crippen LogP contribution in [0.4, 0.5) is 4.39 Å². The number of halogens is 2. The first-order valence-electron chi connectivity index (χ1n) is 8.40. The molecule has 0 radical (unpaired) electrons. The molecule has 0 saturated heterocycles. The van der Waals surface area contributed by atoms with E-state index in [0.29, 0.717) is 50.4 Å². The number of phenols is 1. The first-order valence-corrected chi connectivity index (χ1v) is 8.78. The highest BCUT2D eigenvalue weighted by molar-refractivity contribution is 6.31. The fourth-order valence-electron chi connectivity index (χ4n) is 3.59. The molecule has 27 heavy (non-hydrogen) atoms. The Morgan fingerprint density at radius 3 is 2.81 bits per heavy atom. The maximum Gasteiger partial charge on any atom is 0.336 e. The molecule has 1 aromatic heterocycles. The predicted octanol–water partition coefficient (Wildman–Crippen LogP) is 4.35. The molecule has 0 unspecified atom stereocenters. The molecule has 1 aliphatic rings. The number of hydrazone groups is 1. The SMILES string of the molecule is Cc1cc2oc(=O)cc(C)c2c(O)c1C1=NN[C@H](c2c(F)cccc2Cl)C1. The van der Waals surface area contributed by atoms with Crippen LogP contribution in [0.3, 0.4) is 0 Å². The molecule has 3 aromatic rings. The standard InChI is InChI=1S/C20H16ClFN2O3/c1-9-6-15-18(10(2)7-16(25)27-15)20(26)17(9)13-8-14(24-23-13)19-11(21)4-3-5-12(19)22/h3-7,14,24,26H,8H2,1-2H3/t14-/m0/s1. The Hall–Kier alpha value is -2.86. The number of nitrogens with zero attached hydrogens (tertiary/aromatic N) is 1. The van der Waals surface area contributed by atoms with Gasteiger partial charge in [-0.15, -0.1) is 0 Å². The molecule has 7 heteroatoms. The van der Waals surface area contributed by atoms with Gasteiger partial charge in [0.05, 0.1) is 17.1 Å². The van der Waals surface area contributed by atoms with E-state index in [9.17, 15) is 14.3 Å². The van der Waals surface area contributed by atoms with Crippen LogP contribution < -0.4 is 11.1 Å². The van der Waals surface area contributed by atoms with Crippen molar-refractivity contribution in [1.82, 2.24) is 5.43 Å². The smallest absolute Gasteiger partial charge is 0.336 e. The second-order valence-electron chi connectivity index (χ2n) is 6.62. The number of nitrogens with one attached hydrogen (secondary N) is 1. The third-order valence-electron chi connectivity index (χ3n) is 4.79. The van der Waals surface area contributed by atoms with E-state index < -0.39 is 17.5 Å². The van der Waals surface area contributed by atoms with E-state index in [1.54, 1.807) is 32.0 Å². The number of hydrogen-bond acceptors (Lipinski definition) is 5. The van der Waals surface area contributed by atoms with E-state index in [1.807, 2.05) is 0 Å². The van der Waals surface area contributed by atoms with Crippen LogP contribution in [0.2, 0.25) is 5.02 Å². The zero-order valence-corrected chi connectivity index (χ0v) is 15.4. The Morgan fingerprint density at radius 1 is 1.30 bits per heavy atom. The largest absolute Gasteiger partial charge is 0.506 e. The van der Waals surface area contributed by atoms with Crippen LogP contribution in [-0.2, 0) is 0 Å². The monoisotopic (exact) mass is 386 g/mol. The number of aromatic hydroxyl groups is 1. The predicted molar refractivity (Wildman–Crippen MR) is 102 cm³/mol. The summed E-state index contributed by atoms with van der Waals surface area (Å²) in [5.74, 6) is -0.416. The Bertz CT molecular complexity index is 1150. The lowest BCUT2D eigenvalue weighted by atomic mass is 9.93. The van der Waals surface area contributed by atoms with Crippen molar-refractivity contribution in [3.8, 4) is 5.75 Å². The molecule has 0 saturated carbocycles. The molecule has 4 rings (SSSR count). The highest BCUT2D eigenvalue weighted by Crippen LogP contribution is 2.38. The lowest BCUT2D eigenvalue weighted by molar-refractivity contribution is 0.476. The van der Waals surface area contributed by atoms with E-state index in [2.05, 4.69) is 10.5 Å². The van der Waals surface area contributed by atoms with Gasteiger partial charge in [-0.1, -0.05) is 17.7 Å². The molecule has 0 fully saturated rings. The first kappa shape index (κ1) is 17.5. The maximum absolute atomic E-state index is 14.2. The molecular formula is C20H16ClFN2O3. The minimum atomic E-state index is -0.472. The van der Waals surface area contributed by atoms with Gasteiger partial charge in [-0.2, -0.15) is 5.10 Å². The van der Waals surface area contributed by atoms with E-state index in [0.717, 1.165) is 0 Å². The van der Waals surface area contributed by atoms with E-state index in [4.69, 9.17) is 16.0 Å². The van der Waals surface area contributed by atoms with Crippen molar-refractivity contribution in [2.45, 2.75) is 26.3 Å². The Balaban J connectivity index is 1.79. The van der Waals surface area contributed by atoms with E-state index >= 15 is 0 Å². The molecule has 0 bridgehead atoms. The van der Waals surface area contributed by atoms with Crippen LogP contribution in [0.25, 0.3) is 11.0 Å². The molecule has 2 aromatic carbocycles. The summed E-state index contributed by atoms with van der Waals surface area (Å²) in [4.78, 5) is 11.6. The average Bonchev–Trinajstić information content (AvgIpc) is 3.02. The van der Waals surface area contributed by atoms with Crippen LogP contribution in [0.1, 0.15) is 34.7 Å². The molecule has 2 N–H and O–H groups in total. The van der Waals surface area contributed by atoms with Crippen molar-refractivity contribution in [2.75, 3.05) is 0 Å². The van der Waals surface area contributed by atoms with Crippen LogP contribution in [-0.4, -0.2) is 10.8 Å². The van der Waals surface area contributed by atoms with E-state index in [-0.39, 0.29) is 5.75 Å². The quantitative estimate of drug-likeness (QED) is 0.642. The number of rotatable bonds is 2. The van der Waals surface area contributed by atoms with Crippen LogP contribution in [0, 0.1) is 19.7 Å². The molecule has 1 aliphatic heterocycles. The van der Waals surface area contributed by atoms with Crippen molar-refractivity contribution in [2.24, 2.45) is 5.10 Å². The van der Waals surface area contributed by atoms with Crippen molar-refractivity contribution < 1.29 is 13.9 Å². The van der Waals surface area contributed by atoms with Gasteiger partial charge in [0.25, 0.3) is 0 Å². The zero-order chi connectivity index (χ0) is 19.3. The molecule has 0 aliphatic carbocycles. The molecule has 2 heterocycles. The van der Waals surface area contributed by atoms with Gasteiger partial charge in [0.1, 0.15) is 17.1 Å². The molecule has 138 valence electrons. The summed E-state index contributed by atoms with van der Waals surface area (Å²) in [7, 11) is 0. The lowest BCUT2D eigenvalue weighted by Crippen LogP contribution is -2.12. The number of fused-ring (bicyclic) bond motifs is 1. The highest BCUT2D eigenvalue weighted by atomic mass is 35.5. The summed E-state index contributed by atoms with van der Waals surface area (Å²) in [6, 6.07) is 7.13. The zero-order valence-electron chi connectivity index (χ0n) is 14.6. The topological polar surface area (TPSA) is 74.8 Å². The lowest BCUT2D eigenvalue weighted by Gasteiger charge is -2.14. The minimum absolute atomic E-state index is 0.00733. The van der Waals surface area contributed by atoms with Crippen LogP contribution in [0.15, 0.2) is 44.6 Å². The Morgan fingerprint density at radius 2 is 2.07 bits per heavy atom. The summed E-state index contributed by atoms with van der Waals surface area (Å²) >= 11 is 6.16. The Kier molecular flexibility index (Phi) is 4.15. The summed E-state index contributed by atoms with van der Waals surface area (Å²) < 4.78 is 19.4. The van der Waals surface area contributed by atoms with Gasteiger partial charge in [-0.3, -0.25) is 0 Å². The van der Waals surface area contributed by atoms with Gasteiger partial charge < -0.3 is 14.9 Å². The summed E-state index contributed by atoms with van der Waals surface area (Å²) in [5.41, 5.74) is 5.54. The van der Waals surface area contributed by atoms with Crippen LogP contribution in [0.5, 0.6) is 5.75 Å². The van der Waals surface area contributed by atoms with Gasteiger partial charge in [0.2, 0.25) is 0 Å². The van der Waals surface area contributed by atoms with Gasteiger partial charge in [0, 0.05) is 28.6 Å². The molecule has 0 spiro atoms. The fourth-order valence-corrected chi connectivity index (χ4v) is 3.89. The summed E-state index contributed by atoms with van der Waals surface area (Å²) in [5, 5.41) is 16.0. The molecular weight excluding hydrogens is 371 g/mol. The number of phenolic OH excluding ortho intramolecular Hbond substituents is 1. The third kappa shape index (κ3) is 2.86. The van der Waals surface area contributed by atoms with Crippen molar-refractivity contribution >= 4 is 28.3 Å². The highest BCUT2D eigenvalue weighted by Gasteiger charge is 2.29.